The first-order chi connectivity index (χ1) is 11.2. The molecule has 0 aromatic carbocycles. The Bertz CT molecular complexity index is 817. The zero-order valence-electron chi connectivity index (χ0n) is 13.2. The lowest BCUT2D eigenvalue weighted by Crippen LogP contribution is -2.46. The van der Waals surface area contributed by atoms with Crippen molar-refractivity contribution in [3.05, 3.63) is 29.5 Å². The van der Waals surface area contributed by atoms with E-state index in [0.29, 0.717) is 5.78 Å². The minimum absolute atomic E-state index is 0.645. The Kier molecular flexibility index (Phi) is 3.41. The summed E-state index contributed by atoms with van der Waals surface area (Å²) in [5.41, 5.74) is 2.73. The fourth-order valence-electron chi connectivity index (χ4n) is 2.88. The van der Waals surface area contributed by atoms with Gasteiger partial charge in [-0.15, -0.1) is 0 Å². The van der Waals surface area contributed by atoms with Crippen LogP contribution in [0.3, 0.4) is 0 Å². The first kappa shape index (κ1) is 14.1. The number of anilines is 1. The molecule has 0 bridgehead atoms. The molecule has 1 saturated heterocycles. The van der Waals surface area contributed by atoms with Gasteiger partial charge in [0.05, 0.1) is 0 Å². The quantitative estimate of drug-likeness (QED) is 0.688. The second-order valence-corrected chi connectivity index (χ2v) is 5.79. The van der Waals surface area contributed by atoms with Crippen molar-refractivity contribution < 1.29 is 4.63 Å². The molecule has 1 aliphatic rings. The fraction of sp³-hybridized carbons (Fsp3) is 0.500. The lowest BCUT2D eigenvalue weighted by molar-refractivity contribution is 0.236. The molecule has 0 amide bonds. The van der Waals surface area contributed by atoms with Crippen LogP contribution in [0.1, 0.15) is 17.1 Å². The number of aromatic nitrogens is 6. The molecule has 0 spiro atoms. The Balaban J connectivity index is 1.48. The van der Waals surface area contributed by atoms with Crippen molar-refractivity contribution in [3.8, 4) is 0 Å². The summed E-state index contributed by atoms with van der Waals surface area (Å²) < 4.78 is 6.57. The minimum atomic E-state index is 0.645. The lowest BCUT2D eigenvalue weighted by atomic mass is 10.2. The van der Waals surface area contributed by atoms with Crippen LogP contribution in [0.2, 0.25) is 0 Å². The zero-order valence-corrected chi connectivity index (χ0v) is 13.2. The summed E-state index contributed by atoms with van der Waals surface area (Å²) in [4.78, 5) is 13.3. The van der Waals surface area contributed by atoms with Crippen LogP contribution in [0.4, 0.5) is 5.82 Å². The number of piperazine rings is 1. The number of hydrogen-bond acceptors (Lipinski definition) is 8. The molecule has 3 aromatic heterocycles. The van der Waals surface area contributed by atoms with Crippen molar-refractivity contribution in [2.75, 3.05) is 31.1 Å². The van der Waals surface area contributed by atoms with Crippen LogP contribution >= 0.6 is 0 Å². The maximum atomic E-state index is 4.77. The van der Waals surface area contributed by atoms with E-state index in [4.69, 9.17) is 4.63 Å². The third-order valence-electron chi connectivity index (χ3n) is 4.18. The summed E-state index contributed by atoms with van der Waals surface area (Å²) in [5.74, 6) is 1.69. The van der Waals surface area contributed by atoms with Crippen molar-refractivity contribution >= 4 is 11.6 Å². The standard InChI is InChI=1S/C14H18N8O/c1-10-7-13(22-14(17-10)15-9-16-22)21-5-3-20(4-6-21)8-12-11(2)18-23-19-12/h7,9H,3-6,8H2,1-2H3. The molecule has 0 aliphatic carbocycles. The second-order valence-electron chi connectivity index (χ2n) is 5.79. The van der Waals surface area contributed by atoms with Gasteiger partial charge in [-0.2, -0.15) is 14.6 Å². The molecular formula is C14H18N8O. The molecule has 0 radical (unpaired) electrons. The Morgan fingerprint density at radius 2 is 1.96 bits per heavy atom. The van der Waals surface area contributed by atoms with Gasteiger partial charge in [-0.05, 0) is 13.8 Å². The first-order valence-electron chi connectivity index (χ1n) is 7.63. The second kappa shape index (κ2) is 5.58. The first-order valence-corrected chi connectivity index (χ1v) is 7.63. The van der Waals surface area contributed by atoms with E-state index in [0.717, 1.165) is 55.6 Å². The van der Waals surface area contributed by atoms with Gasteiger partial charge < -0.3 is 4.90 Å². The van der Waals surface area contributed by atoms with Crippen molar-refractivity contribution in [2.45, 2.75) is 20.4 Å². The maximum absolute atomic E-state index is 4.77. The van der Waals surface area contributed by atoms with Gasteiger partial charge in [0.15, 0.2) is 0 Å². The molecule has 1 aliphatic heterocycles. The molecular weight excluding hydrogens is 296 g/mol. The van der Waals surface area contributed by atoms with Crippen molar-refractivity contribution in [3.63, 3.8) is 0 Å². The van der Waals surface area contributed by atoms with Crippen LogP contribution < -0.4 is 4.90 Å². The van der Waals surface area contributed by atoms with E-state index in [1.54, 1.807) is 10.8 Å². The van der Waals surface area contributed by atoms with Gasteiger partial charge in [-0.25, -0.2) is 9.61 Å². The van der Waals surface area contributed by atoms with E-state index < -0.39 is 0 Å². The highest BCUT2D eigenvalue weighted by Crippen LogP contribution is 2.18. The van der Waals surface area contributed by atoms with E-state index >= 15 is 0 Å². The Hall–Kier alpha value is -2.55. The molecule has 4 rings (SSSR count). The van der Waals surface area contributed by atoms with Crippen LogP contribution in [0.25, 0.3) is 5.78 Å². The Labute approximate surface area is 132 Å². The molecule has 120 valence electrons. The number of fused-ring (bicyclic) bond motifs is 1. The SMILES string of the molecule is Cc1cc(N2CCN(Cc3nonc3C)CC2)n2ncnc2n1. The molecule has 0 saturated carbocycles. The number of rotatable bonds is 3. The topological polar surface area (TPSA) is 88.5 Å². The summed E-state index contributed by atoms with van der Waals surface area (Å²) in [6.45, 7) is 8.41. The maximum Gasteiger partial charge on any atom is 0.254 e. The van der Waals surface area contributed by atoms with Crippen LogP contribution in [0, 0.1) is 13.8 Å². The fourth-order valence-corrected chi connectivity index (χ4v) is 2.88. The van der Waals surface area contributed by atoms with Gasteiger partial charge in [0.2, 0.25) is 0 Å². The molecule has 9 heteroatoms. The van der Waals surface area contributed by atoms with Crippen molar-refractivity contribution in [1.29, 1.82) is 0 Å². The van der Waals surface area contributed by atoms with Gasteiger partial charge in [0, 0.05) is 44.5 Å². The van der Waals surface area contributed by atoms with E-state index in [2.05, 4.69) is 41.2 Å². The summed E-state index contributed by atoms with van der Waals surface area (Å²) >= 11 is 0. The average molecular weight is 314 g/mol. The number of aryl methyl sites for hydroxylation is 2. The van der Waals surface area contributed by atoms with Crippen molar-refractivity contribution in [1.82, 2.24) is 34.8 Å². The predicted molar refractivity (Wildman–Crippen MR) is 82.0 cm³/mol. The number of hydrogen-bond donors (Lipinski definition) is 0. The molecule has 0 unspecified atom stereocenters. The highest BCUT2D eigenvalue weighted by molar-refractivity contribution is 5.47. The Morgan fingerprint density at radius 3 is 2.70 bits per heavy atom. The molecule has 3 aromatic rings. The summed E-state index contributed by atoms with van der Waals surface area (Å²) in [5, 5.41) is 12.1. The molecule has 9 nitrogen and oxygen atoms in total. The van der Waals surface area contributed by atoms with E-state index in [9.17, 15) is 0 Å². The van der Waals surface area contributed by atoms with E-state index in [-0.39, 0.29) is 0 Å². The van der Waals surface area contributed by atoms with Gasteiger partial charge in [0.1, 0.15) is 23.5 Å². The predicted octanol–water partition coefficient (Wildman–Crippen LogP) is 0.446. The van der Waals surface area contributed by atoms with Gasteiger partial charge >= 0.3 is 0 Å². The van der Waals surface area contributed by atoms with Crippen LogP contribution in [-0.2, 0) is 6.54 Å². The largest absolute Gasteiger partial charge is 0.354 e. The zero-order chi connectivity index (χ0) is 15.8. The smallest absolute Gasteiger partial charge is 0.254 e. The highest BCUT2D eigenvalue weighted by Gasteiger charge is 2.21. The normalized spacial score (nSPS) is 16.3. The molecule has 4 heterocycles. The monoisotopic (exact) mass is 314 g/mol. The summed E-state index contributed by atoms with van der Waals surface area (Å²) in [6.07, 6.45) is 1.54. The van der Waals surface area contributed by atoms with Gasteiger partial charge in [0.25, 0.3) is 5.78 Å². The van der Waals surface area contributed by atoms with Gasteiger partial charge in [-0.1, -0.05) is 10.3 Å². The van der Waals surface area contributed by atoms with Crippen LogP contribution in [0.15, 0.2) is 17.0 Å². The van der Waals surface area contributed by atoms with Gasteiger partial charge in [-0.3, -0.25) is 4.90 Å². The average Bonchev–Trinajstić information content (AvgIpc) is 3.17. The van der Waals surface area contributed by atoms with Crippen LogP contribution in [0.5, 0.6) is 0 Å². The highest BCUT2D eigenvalue weighted by atomic mass is 16.6. The minimum Gasteiger partial charge on any atom is -0.354 e. The van der Waals surface area contributed by atoms with E-state index in [1.165, 1.54) is 0 Å². The third kappa shape index (κ3) is 2.63. The third-order valence-corrected chi connectivity index (χ3v) is 4.18. The van der Waals surface area contributed by atoms with Crippen LogP contribution in [-0.4, -0.2) is 61.0 Å². The van der Waals surface area contributed by atoms with E-state index in [1.807, 2.05) is 13.8 Å². The van der Waals surface area contributed by atoms with Crippen molar-refractivity contribution in [2.24, 2.45) is 0 Å². The molecule has 0 atom stereocenters. The molecule has 1 fully saturated rings. The number of nitrogens with zero attached hydrogens (tertiary/aromatic N) is 8. The molecule has 23 heavy (non-hydrogen) atoms. The lowest BCUT2D eigenvalue weighted by Gasteiger charge is -2.35. The summed E-state index contributed by atoms with van der Waals surface area (Å²) in [7, 11) is 0. The molecule has 0 N–H and O–H groups in total. The Morgan fingerprint density at radius 1 is 1.13 bits per heavy atom. The summed E-state index contributed by atoms with van der Waals surface area (Å²) in [6, 6.07) is 2.06.